The average Bonchev–Trinajstić information content (AvgIpc) is 3.74. The fourth-order valence-electron chi connectivity index (χ4n) is 9.28. The Labute approximate surface area is 307 Å². The van der Waals surface area contributed by atoms with Gasteiger partial charge < -0.3 is 4.42 Å². The lowest BCUT2D eigenvalue weighted by atomic mass is 9.55. The van der Waals surface area contributed by atoms with Crippen LogP contribution < -0.4 is 0 Å². The number of fused-ring (bicyclic) bond motifs is 12. The summed E-state index contributed by atoms with van der Waals surface area (Å²) in [6.45, 7) is 4.70. The van der Waals surface area contributed by atoms with Crippen molar-refractivity contribution >= 4 is 21.9 Å². The minimum atomic E-state index is -0.504. The summed E-state index contributed by atoms with van der Waals surface area (Å²) in [7, 11) is 0. The van der Waals surface area contributed by atoms with Crippen LogP contribution in [0.15, 0.2) is 168 Å². The van der Waals surface area contributed by atoms with Crippen molar-refractivity contribution in [1.82, 2.24) is 15.0 Å². The first-order valence-electron chi connectivity index (χ1n) is 18.2. The number of furan rings is 1. The molecule has 2 heterocycles. The lowest BCUT2D eigenvalue weighted by Crippen LogP contribution is -2.40. The summed E-state index contributed by atoms with van der Waals surface area (Å²) in [5.41, 5.74) is 14.1. The molecule has 0 N–H and O–H groups in total. The molecule has 0 unspecified atom stereocenters. The summed E-state index contributed by atoms with van der Waals surface area (Å²) in [5.74, 6) is 1.88. The monoisotopic (exact) mass is 679 g/mol. The van der Waals surface area contributed by atoms with Gasteiger partial charge in [0.25, 0.3) is 0 Å². The van der Waals surface area contributed by atoms with Crippen molar-refractivity contribution in [2.75, 3.05) is 0 Å². The van der Waals surface area contributed by atoms with Gasteiger partial charge in [-0.25, -0.2) is 15.0 Å². The van der Waals surface area contributed by atoms with Gasteiger partial charge in [-0.05, 0) is 62.7 Å². The van der Waals surface area contributed by atoms with Crippen LogP contribution in [0.5, 0.6) is 0 Å². The van der Waals surface area contributed by atoms with Gasteiger partial charge >= 0.3 is 0 Å². The largest absolute Gasteiger partial charge is 0.456 e. The molecule has 0 saturated heterocycles. The van der Waals surface area contributed by atoms with E-state index < -0.39 is 5.41 Å². The summed E-state index contributed by atoms with van der Waals surface area (Å²) in [6.07, 6.45) is 0. The lowest BCUT2D eigenvalue weighted by molar-refractivity contribution is 0.562. The standard InChI is InChI=1S/C49H33N3O/c1-48(2)38-25-13-14-26-39(38)49(36-23-11-9-20-32(36)33-21-10-12-24-37(33)49)41-28-35-43(29-40(41)48)53-42-27-15-22-34(44(35)42)47-51-45(30-16-5-3-6-17-30)50-46(52-47)31-18-7-4-8-19-31/h3-29H,1-2H3. The molecule has 9 aromatic rings. The highest BCUT2D eigenvalue weighted by molar-refractivity contribution is 6.12. The van der Waals surface area contributed by atoms with Gasteiger partial charge in [0.2, 0.25) is 0 Å². The number of benzene rings is 7. The highest BCUT2D eigenvalue weighted by Gasteiger charge is 2.53. The SMILES string of the molecule is CC1(C)c2ccccc2C2(c3ccccc3-c3ccccc32)c2cc3c(cc21)oc1cccc(-c2nc(-c4ccccc4)nc(-c4ccccc4)n2)c13. The first-order chi connectivity index (χ1) is 26.0. The summed E-state index contributed by atoms with van der Waals surface area (Å²) in [4.78, 5) is 15.3. The molecule has 2 aliphatic rings. The van der Waals surface area contributed by atoms with Gasteiger partial charge in [0.15, 0.2) is 17.5 Å². The lowest BCUT2D eigenvalue weighted by Gasteiger charge is -2.46. The number of hydrogen-bond donors (Lipinski definition) is 0. The maximum absolute atomic E-state index is 6.81. The zero-order chi connectivity index (χ0) is 35.3. The molecule has 53 heavy (non-hydrogen) atoms. The smallest absolute Gasteiger partial charge is 0.164 e. The molecule has 0 aliphatic heterocycles. The normalized spacial score (nSPS) is 14.5. The Kier molecular flexibility index (Phi) is 6.19. The van der Waals surface area contributed by atoms with E-state index in [1.807, 2.05) is 66.7 Å². The molecule has 0 bridgehead atoms. The molecule has 0 amide bonds. The molecule has 2 aliphatic carbocycles. The molecule has 2 aromatic heterocycles. The maximum Gasteiger partial charge on any atom is 0.164 e. The second kappa shape index (κ2) is 10.9. The van der Waals surface area contributed by atoms with Gasteiger partial charge in [-0.1, -0.05) is 159 Å². The third kappa shape index (κ3) is 4.09. The van der Waals surface area contributed by atoms with Crippen LogP contribution in [0.4, 0.5) is 0 Å². The highest BCUT2D eigenvalue weighted by Crippen LogP contribution is 2.62. The number of nitrogens with zero attached hydrogens (tertiary/aromatic N) is 3. The Bertz CT molecular complexity index is 2820. The molecule has 250 valence electrons. The second-order valence-electron chi connectivity index (χ2n) is 14.7. The topological polar surface area (TPSA) is 51.8 Å². The van der Waals surface area contributed by atoms with Crippen molar-refractivity contribution in [2.45, 2.75) is 24.7 Å². The van der Waals surface area contributed by atoms with Crippen LogP contribution in [0.25, 0.3) is 67.2 Å². The van der Waals surface area contributed by atoms with Crippen molar-refractivity contribution in [1.29, 1.82) is 0 Å². The summed E-state index contributed by atoms with van der Waals surface area (Å²) in [6, 6.07) is 58.2. The molecular formula is C49H33N3O. The van der Waals surface area contributed by atoms with Gasteiger partial charge in [-0.3, -0.25) is 0 Å². The minimum absolute atomic E-state index is 0.275. The van der Waals surface area contributed by atoms with E-state index in [4.69, 9.17) is 19.4 Å². The van der Waals surface area contributed by atoms with Crippen LogP contribution in [0.3, 0.4) is 0 Å². The molecule has 0 radical (unpaired) electrons. The molecular weight excluding hydrogens is 647 g/mol. The van der Waals surface area contributed by atoms with Gasteiger partial charge in [0, 0.05) is 32.9 Å². The third-order valence-electron chi connectivity index (χ3n) is 11.6. The number of hydrogen-bond acceptors (Lipinski definition) is 4. The highest BCUT2D eigenvalue weighted by atomic mass is 16.3. The second-order valence-corrected chi connectivity index (χ2v) is 14.7. The van der Waals surface area contributed by atoms with E-state index in [0.29, 0.717) is 17.5 Å². The van der Waals surface area contributed by atoms with Crippen LogP contribution in [0.1, 0.15) is 47.2 Å². The fraction of sp³-hybridized carbons (Fsp3) is 0.0816. The van der Waals surface area contributed by atoms with Crippen LogP contribution in [0, 0.1) is 0 Å². The van der Waals surface area contributed by atoms with Gasteiger partial charge in [-0.2, -0.15) is 0 Å². The molecule has 0 fully saturated rings. The summed E-state index contributed by atoms with van der Waals surface area (Å²) >= 11 is 0. The van der Waals surface area contributed by atoms with E-state index >= 15 is 0 Å². The number of aromatic nitrogens is 3. The summed E-state index contributed by atoms with van der Waals surface area (Å²) < 4.78 is 6.81. The molecule has 7 aromatic carbocycles. The van der Waals surface area contributed by atoms with Gasteiger partial charge in [0.1, 0.15) is 11.2 Å². The van der Waals surface area contributed by atoms with E-state index in [2.05, 4.69) is 111 Å². The van der Waals surface area contributed by atoms with Crippen LogP contribution in [0.2, 0.25) is 0 Å². The predicted molar refractivity (Wildman–Crippen MR) is 213 cm³/mol. The Morgan fingerprint density at radius 1 is 0.396 bits per heavy atom. The van der Waals surface area contributed by atoms with Crippen molar-refractivity contribution in [3.05, 3.63) is 197 Å². The first-order valence-corrected chi connectivity index (χ1v) is 18.2. The Hall–Kier alpha value is -6.65. The van der Waals surface area contributed by atoms with Crippen molar-refractivity contribution < 1.29 is 4.42 Å². The summed E-state index contributed by atoms with van der Waals surface area (Å²) in [5, 5.41) is 2.05. The quantitative estimate of drug-likeness (QED) is 0.186. The van der Waals surface area contributed by atoms with E-state index in [-0.39, 0.29) is 5.41 Å². The fourth-order valence-corrected chi connectivity index (χ4v) is 9.28. The van der Waals surface area contributed by atoms with Crippen LogP contribution in [-0.2, 0) is 10.8 Å². The van der Waals surface area contributed by atoms with Gasteiger partial charge in [-0.15, -0.1) is 0 Å². The van der Waals surface area contributed by atoms with Crippen LogP contribution in [-0.4, -0.2) is 15.0 Å². The predicted octanol–water partition coefficient (Wildman–Crippen LogP) is 11.8. The molecule has 4 heteroatoms. The maximum atomic E-state index is 6.81. The average molecular weight is 680 g/mol. The molecule has 1 spiro atoms. The Balaban J connectivity index is 1.24. The van der Waals surface area contributed by atoms with E-state index in [1.54, 1.807) is 0 Å². The first kappa shape index (κ1) is 30.0. The Morgan fingerprint density at radius 2 is 0.906 bits per heavy atom. The van der Waals surface area contributed by atoms with Crippen molar-refractivity contribution in [2.24, 2.45) is 0 Å². The van der Waals surface area contributed by atoms with Crippen LogP contribution >= 0.6 is 0 Å². The third-order valence-corrected chi connectivity index (χ3v) is 11.6. The van der Waals surface area contributed by atoms with Gasteiger partial charge in [0.05, 0.1) is 5.41 Å². The molecule has 0 saturated carbocycles. The molecule has 4 nitrogen and oxygen atoms in total. The Morgan fingerprint density at radius 3 is 1.53 bits per heavy atom. The van der Waals surface area contributed by atoms with Crippen molar-refractivity contribution in [3.63, 3.8) is 0 Å². The minimum Gasteiger partial charge on any atom is -0.456 e. The molecule has 11 rings (SSSR count). The zero-order valence-corrected chi connectivity index (χ0v) is 29.3. The zero-order valence-electron chi connectivity index (χ0n) is 29.3. The van der Waals surface area contributed by atoms with Crippen molar-refractivity contribution in [3.8, 4) is 45.3 Å². The van der Waals surface area contributed by atoms with E-state index in [9.17, 15) is 0 Å². The number of rotatable bonds is 3. The molecule has 0 atom stereocenters. The van der Waals surface area contributed by atoms with E-state index in [1.165, 1.54) is 44.5 Å². The van der Waals surface area contributed by atoms with E-state index in [0.717, 1.165) is 38.6 Å².